The first kappa shape index (κ1) is 19.3. The Kier molecular flexibility index (Phi) is 6.51. The Morgan fingerprint density at radius 1 is 1.07 bits per heavy atom. The van der Waals surface area contributed by atoms with Crippen molar-refractivity contribution in [2.45, 2.75) is 26.4 Å². The van der Waals surface area contributed by atoms with Gasteiger partial charge in [0.15, 0.2) is 5.82 Å². The number of amides is 1. The number of benzene rings is 1. The lowest BCUT2D eigenvalue weighted by atomic mass is 10.2. The van der Waals surface area contributed by atoms with E-state index in [4.69, 9.17) is 0 Å². The molecule has 28 heavy (non-hydrogen) atoms. The van der Waals surface area contributed by atoms with Crippen LogP contribution in [0.4, 0.5) is 5.82 Å². The van der Waals surface area contributed by atoms with Crippen LogP contribution in [0.1, 0.15) is 17.0 Å². The Morgan fingerprint density at radius 3 is 2.61 bits per heavy atom. The first-order chi connectivity index (χ1) is 13.6. The van der Waals surface area contributed by atoms with E-state index < -0.39 is 0 Å². The van der Waals surface area contributed by atoms with Crippen LogP contribution in [0.15, 0.2) is 65.7 Å². The molecule has 0 aliphatic carbocycles. The average Bonchev–Trinajstić information content (AvgIpc) is 2.73. The molecule has 0 radical (unpaired) electrons. The van der Waals surface area contributed by atoms with Crippen LogP contribution in [0.25, 0.3) is 0 Å². The van der Waals surface area contributed by atoms with Crippen molar-refractivity contribution >= 4 is 11.7 Å². The molecule has 144 valence electrons. The van der Waals surface area contributed by atoms with E-state index in [9.17, 15) is 9.59 Å². The molecule has 0 spiro atoms. The minimum Gasteiger partial charge on any atom is -0.365 e. The van der Waals surface area contributed by atoms with Crippen molar-refractivity contribution in [3.63, 3.8) is 0 Å². The van der Waals surface area contributed by atoms with Crippen molar-refractivity contribution in [1.82, 2.24) is 19.9 Å². The Bertz CT molecular complexity index is 971. The fourth-order valence-corrected chi connectivity index (χ4v) is 2.74. The molecule has 2 N–H and O–H groups in total. The minimum absolute atomic E-state index is 0.0467. The van der Waals surface area contributed by atoms with E-state index in [0.29, 0.717) is 25.2 Å². The van der Waals surface area contributed by atoms with Crippen molar-refractivity contribution in [1.29, 1.82) is 0 Å². The molecule has 0 fully saturated rings. The van der Waals surface area contributed by atoms with E-state index in [0.717, 1.165) is 11.3 Å². The number of carbonyl (C=O) groups excluding carboxylic acids is 1. The summed E-state index contributed by atoms with van der Waals surface area (Å²) in [6.07, 6.45) is 4.00. The van der Waals surface area contributed by atoms with Crippen molar-refractivity contribution in [2.24, 2.45) is 0 Å². The molecule has 0 aliphatic rings. The van der Waals surface area contributed by atoms with Gasteiger partial charge in [0.05, 0.1) is 0 Å². The molecule has 7 nitrogen and oxygen atoms in total. The zero-order valence-corrected chi connectivity index (χ0v) is 15.8. The third-order valence-corrected chi connectivity index (χ3v) is 4.29. The van der Waals surface area contributed by atoms with Crippen LogP contribution in [0.5, 0.6) is 0 Å². The number of aryl methyl sites for hydroxylation is 1. The highest BCUT2D eigenvalue weighted by molar-refractivity contribution is 5.75. The van der Waals surface area contributed by atoms with Crippen LogP contribution in [0, 0.1) is 6.92 Å². The maximum absolute atomic E-state index is 12.7. The maximum atomic E-state index is 12.7. The fourth-order valence-electron chi connectivity index (χ4n) is 2.74. The largest absolute Gasteiger partial charge is 0.365 e. The van der Waals surface area contributed by atoms with Crippen LogP contribution in [0.3, 0.4) is 0 Å². The number of nitrogens with zero attached hydrogens (tertiary/aromatic N) is 3. The van der Waals surface area contributed by atoms with Crippen LogP contribution in [-0.2, 0) is 24.3 Å². The highest BCUT2D eigenvalue weighted by Gasteiger charge is 2.11. The molecular weight excluding hydrogens is 354 g/mol. The molecule has 2 aromatic heterocycles. The number of carbonyl (C=O) groups is 1. The minimum atomic E-state index is -0.309. The van der Waals surface area contributed by atoms with E-state index in [-0.39, 0.29) is 23.8 Å². The second-order valence-corrected chi connectivity index (χ2v) is 6.40. The third kappa shape index (κ3) is 5.26. The second-order valence-electron chi connectivity index (χ2n) is 6.40. The predicted molar refractivity (Wildman–Crippen MR) is 108 cm³/mol. The van der Waals surface area contributed by atoms with Gasteiger partial charge in [0.25, 0.3) is 5.56 Å². The summed E-state index contributed by atoms with van der Waals surface area (Å²) in [6, 6.07) is 15.4. The summed E-state index contributed by atoms with van der Waals surface area (Å²) in [4.78, 5) is 33.4. The molecule has 2 heterocycles. The SMILES string of the molecule is Cc1cnc(NCCc2ccccn2)c(=O)n1CC(=O)NCc1ccccc1. The molecule has 1 amide bonds. The highest BCUT2D eigenvalue weighted by Crippen LogP contribution is 2.01. The van der Waals surface area contributed by atoms with Crippen molar-refractivity contribution in [3.05, 3.63) is 88.2 Å². The molecule has 0 saturated heterocycles. The van der Waals surface area contributed by atoms with Gasteiger partial charge in [-0.25, -0.2) is 4.98 Å². The number of nitrogens with one attached hydrogen (secondary N) is 2. The lowest BCUT2D eigenvalue weighted by molar-refractivity contribution is -0.121. The summed E-state index contributed by atoms with van der Waals surface area (Å²) in [5.74, 6) is 0.0112. The second kappa shape index (κ2) is 9.45. The lowest BCUT2D eigenvalue weighted by Gasteiger charge is -2.12. The number of anilines is 1. The molecule has 0 bridgehead atoms. The summed E-state index contributed by atoms with van der Waals surface area (Å²) in [7, 11) is 0. The Balaban J connectivity index is 1.60. The molecule has 0 aliphatic heterocycles. The van der Waals surface area contributed by atoms with Crippen molar-refractivity contribution in [3.8, 4) is 0 Å². The summed E-state index contributed by atoms with van der Waals surface area (Å²) < 4.78 is 1.43. The highest BCUT2D eigenvalue weighted by atomic mass is 16.2. The van der Waals surface area contributed by atoms with E-state index in [2.05, 4.69) is 20.6 Å². The molecule has 0 saturated carbocycles. The van der Waals surface area contributed by atoms with Crippen LogP contribution in [-0.4, -0.2) is 27.0 Å². The summed E-state index contributed by atoms with van der Waals surface area (Å²) in [5.41, 5.74) is 2.26. The van der Waals surface area contributed by atoms with E-state index in [1.54, 1.807) is 19.3 Å². The molecule has 0 unspecified atom stereocenters. The van der Waals surface area contributed by atoms with Gasteiger partial charge in [0.1, 0.15) is 6.54 Å². The predicted octanol–water partition coefficient (Wildman–Crippen LogP) is 1.92. The van der Waals surface area contributed by atoms with E-state index in [1.165, 1.54) is 4.57 Å². The number of hydrogen-bond acceptors (Lipinski definition) is 5. The van der Waals surface area contributed by atoms with Crippen LogP contribution < -0.4 is 16.2 Å². The van der Waals surface area contributed by atoms with E-state index in [1.807, 2.05) is 48.5 Å². The van der Waals surface area contributed by atoms with Crippen LogP contribution in [0.2, 0.25) is 0 Å². The molecule has 1 aromatic carbocycles. The average molecular weight is 377 g/mol. The quantitative estimate of drug-likeness (QED) is 0.626. The number of aromatic nitrogens is 3. The van der Waals surface area contributed by atoms with Gasteiger partial charge in [0.2, 0.25) is 5.91 Å². The normalized spacial score (nSPS) is 10.5. The van der Waals surface area contributed by atoms with Gasteiger partial charge < -0.3 is 10.6 Å². The fraction of sp³-hybridized carbons (Fsp3) is 0.238. The van der Waals surface area contributed by atoms with Gasteiger partial charge in [-0.1, -0.05) is 36.4 Å². The molecule has 7 heteroatoms. The van der Waals surface area contributed by atoms with Gasteiger partial charge >= 0.3 is 0 Å². The van der Waals surface area contributed by atoms with Crippen molar-refractivity contribution < 1.29 is 4.79 Å². The maximum Gasteiger partial charge on any atom is 0.293 e. The smallest absolute Gasteiger partial charge is 0.293 e. The van der Waals surface area contributed by atoms with Gasteiger partial charge in [-0.15, -0.1) is 0 Å². The topological polar surface area (TPSA) is 88.9 Å². The van der Waals surface area contributed by atoms with Crippen LogP contribution >= 0.6 is 0 Å². The number of pyridine rings is 1. The molecule has 3 aromatic rings. The Hall–Kier alpha value is -3.48. The molecule has 0 atom stereocenters. The first-order valence-corrected chi connectivity index (χ1v) is 9.14. The number of rotatable bonds is 8. The van der Waals surface area contributed by atoms with Gasteiger partial charge in [0, 0.05) is 43.3 Å². The summed E-state index contributed by atoms with van der Waals surface area (Å²) in [5, 5.41) is 5.88. The first-order valence-electron chi connectivity index (χ1n) is 9.14. The van der Waals surface area contributed by atoms with Gasteiger partial charge in [-0.2, -0.15) is 0 Å². The van der Waals surface area contributed by atoms with Gasteiger partial charge in [-0.3, -0.25) is 19.1 Å². The van der Waals surface area contributed by atoms with Gasteiger partial charge in [-0.05, 0) is 24.6 Å². The Labute approximate surface area is 163 Å². The number of hydrogen-bond donors (Lipinski definition) is 2. The Morgan fingerprint density at radius 2 is 1.86 bits per heavy atom. The monoisotopic (exact) mass is 377 g/mol. The summed E-state index contributed by atoms with van der Waals surface area (Å²) >= 11 is 0. The van der Waals surface area contributed by atoms with E-state index >= 15 is 0 Å². The zero-order valence-electron chi connectivity index (χ0n) is 15.8. The third-order valence-electron chi connectivity index (χ3n) is 4.29. The lowest BCUT2D eigenvalue weighted by Crippen LogP contribution is -2.34. The zero-order chi connectivity index (χ0) is 19.8. The molecular formula is C21H23N5O2. The summed E-state index contributed by atoms with van der Waals surface area (Å²) in [6.45, 7) is 2.67. The molecule has 3 rings (SSSR count). The van der Waals surface area contributed by atoms with Crippen molar-refractivity contribution in [2.75, 3.05) is 11.9 Å². The standard InChI is InChI=1S/C21H23N5O2/c1-16-13-25-20(23-12-10-18-9-5-6-11-22-18)21(28)26(16)15-19(27)24-14-17-7-3-2-4-8-17/h2-9,11,13H,10,12,14-15H2,1H3,(H,23,25)(H,24,27).